The maximum atomic E-state index is 16.5. The van der Waals surface area contributed by atoms with Crippen LogP contribution in [0.4, 0.5) is 0 Å². The summed E-state index contributed by atoms with van der Waals surface area (Å²) in [6, 6.07) is 17.1. The first-order valence-corrected chi connectivity index (χ1v) is 40.9. The van der Waals surface area contributed by atoms with Gasteiger partial charge in [-0.3, -0.25) is 53.2 Å². The minimum Gasteiger partial charge on any atom is -0.508 e. The number of unbranched alkanes of at least 4 members (excludes halogenated alkanes) is 3. The monoisotopic (exact) mass is 1730 g/mol. The molecule has 18 atom stereocenters. The Bertz CT molecular complexity index is 4940. The summed E-state index contributed by atoms with van der Waals surface area (Å²) in [5.74, 6) is -17.1. The molecule has 2 aromatic heterocycles. The SMILES string of the molecule is CN[C@H](CC(C)C)C(=O)N[C@H]1C(=O)C[C@@H](CC(N)=O)C(=O)N[C@H]2C(=O)C[C@H]3C(=O)N[C@H](C(=O)N[C@H](C(=O)NCCCCCCN(Cc4ccccn4)Cc4ccccn4)c4cc(O)cc(O)c4-c4cc3ccc4O)[C@H](O)c3ccc(c(Cl)c3)Oc3cc2cc(c3O[C@H]2OC(CO)[C@H](O)C(O)C2O[C@H]2C[C@@](C)(N)[C@H](O)C(C)O2)Oc2ccc(cc2Cl)[C@H]1O. The van der Waals surface area contributed by atoms with E-state index in [1.165, 1.54) is 63.4 Å². The van der Waals surface area contributed by atoms with Crippen molar-refractivity contribution in [1.82, 2.24) is 46.8 Å². The van der Waals surface area contributed by atoms with Crippen molar-refractivity contribution < 1.29 is 113 Å². The lowest BCUT2D eigenvalue weighted by molar-refractivity contribution is -0.333. The Kier molecular flexibility index (Phi) is 29.6. The zero-order valence-corrected chi connectivity index (χ0v) is 68.9. The number of aromatic hydroxyl groups is 3. The topological polar surface area (TPSA) is 527 Å². The van der Waals surface area contributed by atoms with Gasteiger partial charge >= 0.3 is 0 Å². The highest BCUT2D eigenvalue weighted by atomic mass is 35.5. The third kappa shape index (κ3) is 21.4. The van der Waals surface area contributed by atoms with Crippen molar-refractivity contribution in [3.63, 3.8) is 0 Å². The summed E-state index contributed by atoms with van der Waals surface area (Å²) in [4.78, 5) is 133. The molecule has 0 radical (unpaired) electrons. The molecule has 14 rings (SSSR count). The lowest BCUT2D eigenvalue weighted by Gasteiger charge is -2.47. The van der Waals surface area contributed by atoms with Gasteiger partial charge in [0.25, 0.3) is 0 Å². The Morgan fingerprint density at radius 2 is 1.34 bits per heavy atom. The molecule has 7 aromatic rings. The highest BCUT2D eigenvalue weighted by Crippen LogP contribution is 2.51. The van der Waals surface area contributed by atoms with Crippen molar-refractivity contribution in [2.24, 2.45) is 23.3 Å². The van der Waals surface area contributed by atoms with E-state index in [1.807, 2.05) is 50.2 Å². The first kappa shape index (κ1) is 90.7. The molecule has 5 aromatic carbocycles. The molecule has 6 amide bonds. The number of hydrogen-bond acceptors (Lipinski definition) is 28. The van der Waals surface area contributed by atoms with E-state index in [0.29, 0.717) is 38.9 Å². The molecule has 652 valence electrons. The number of halogens is 2. The number of aliphatic hydroxyl groups excluding tert-OH is 6. The van der Waals surface area contributed by atoms with Crippen LogP contribution < -0.4 is 57.6 Å². The van der Waals surface area contributed by atoms with Crippen molar-refractivity contribution in [2.75, 3.05) is 26.7 Å². The second-order valence-corrected chi connectivity index (χ2v) is 32.8. The van der Waals surface area contributed by atoms with Gasteiger partial charge in [0.05, 0.1) is 58.1 Å². The molecule has 122 heavy (non-hydrogen) atoms. The van der Waals surface area contributed by atoms with Gasteiger partial charge in [-0.15, -0.1) is 0 Å². The zero-order chi connectivity index (χ0) is 87.7. The highest BCUT2D eigenvalue weighted by molar-refractivity contribution is 6.32. The number of phenols is 3. The maximum absolute atomic E-state index is 16.5. The van der Waals surface area contributed by atoms with Crippen LogP contribution in [0.5, 0.6) is 46.0 Å². The summed E-state index contributed by atoms with van der Waals surface area (Å²) in [5.41, 5.74) is 10.9. The largest absolute Gasteiger partial charge is 0.508 e. The minimum atomic E-state index is -2.20. The number of carbonyl (C=O) groups is 8. The van der Waals surface area contributed by atoms with Crippen LogP contribution in [0, 0.1) is 11.8 Å². The third-order valence-corrected chi connectivity index (χ3v) is 22.9. The summed E-state index contributed by atoms with van der Waals surface area (Å²) in [6.45, 7) is 7.57. The maximum Gasteiger partial charge on any atom is 0.247 e. The molecular formula is C86H101Cl2N11O23. The van der Waals surface area contributed by atoms with Gasteiger partial charge < -0.3 is 118 Å². The summed E-state index contributed by atoms with van der Waals surface area (Å²) in [5, 5.41) is 122. The van der Waals surface area contributed by atoms with Crippen LogP contribution in [0.25, 0.3) is 11.1 Å². The fourth-order valence-corrected chi connectivity index (χ4v) is 16.3. The number of nitrogens with two attached hydrogens (primary N) is 2. The summed E-state index contributed by atoms with van der Waals surface area (Å²) >= 11 is 14.4. The summed E-state index contributed by atoms with van der Waals surface area (Å²) in [7, 11) is 1.50. The number of amides is 6. The Balaban J connectivity index is 0.988. The standard InChI is InChI=1S/C86H101Cl2N11O23/c1-41(2)26-56(91-5)82(114)97-71-59(104)30-47(33-66(89)106)80(112)95-69-46-31-63(118-61-20-17-44(73(71)107)28-54(61)87)77(122-85-78(76(110)75(109)65(40-100)120-85)121-67-37-86(4,90)79(111)42(3)117-67)64(32-46)119-62-21-18-45(29-55(62)88)74(108)72-84(116)96-70(53-34-50(101)35-58(103)68(53)52-27-43(16-19-57(52)102)51(36-60(69)105)81(113)98-72)83(115)94-24-10-6-7-13-25-99(38-48-14-8-11-22-92-48)39-49-15-9-12-23-93-49/h8-9,11-12,14-23,27-29,31-32,34-35,41-42,47,51,56,65,67,69-76,78-79,85,91,100-103,107-111H,6-7,10,13,24-26,30,33,36-40,90H2,1-5H3,(H2,89,106)(H,94,115)(H,95,112)(H,96,116)(H,97,114)(H,98,113)/t42?,47-,51+,56+,65?,67-,69+,70-,71-,72-,73+,74+,75-,76?,78?,79+,85+,86+/m0/s1. The molecule has 11 bridgehead atoms. The van der Waals surface area contributed by atoms with Gasteiger partial charge in [0.15, 0.2) is 35.5 Å². The number of hydrogen-bond donors (Lipinski definition) is 17. The van der Waals surface area contributed by atoms with Gasteiger partial charge in [-0.1, -0.05) is 80.2 Å². The number of pyridine rings is 2. The molecule has 9 heterocycles. The van der Waals surface area contributed by atoms with Gasteiger partial charge in [0, 0.05) is 80.4 Å². The number of ketones is 2. The molecule has 0 saturated carbocycles. The molecule has 34 nitrogen and oxygen atoms in total. The quantitative estimate of drug-likeness (QED) is 0.0347. The normalized spacial score (nSPS) is 26.5. The van der Waals surface area contributed by atoms with E-state index in [1.54, 1.807) is 12.4 Å². The number of ether oxygens (including phenoxy) is 6. The molecule has 7 aliphatic heterocycles. The molecular weight excluding hydrogens is 1630 g/mol. The van der Waals surface area contributed by atoms with E-state index in [9.17, 15) is 55.5 Å². The summed E-state index contributed by atoms with van der Waals surface area (Å²) in [6.07, 6.45) is -14.3. The van der Waals surface area contributed by atoms with Crippen LogP contribution >= 0.6 is 23.2 Å². The average molecular weight is 1730 g/mol. The number of rotatable bonds is 24. The Morgan fingerprint density at radius 1 is 0.705 bits per heavy atom. The van der Waals surface area contributed by atoms with Gasteiger partial charge in [-0.2, -0.15) is 0 Å². The number of nitrogens with zero attached hydrogens (tertiary/aromatic N) is 3. The van der Waals surface area contributed by atoms with Crippen LogP contribution in [0.1, 0.15) is 155 Å². The average Bonchev–Trinajstić information content (AvgIpc) is 0.764. The predicted molar refractivity (Wildman–Crippen MR) is 438 cm³/mol. The van der Waals surface area contributed by atoms with Crippen molar-refractivity contribution in [3.05, 3.63) is 177 Å². The number of aliphatic hydroxyl groups is 6. The second-order valence-electron chi connectivity index (χ2n) is 32.0. The lowest BCUT2D eigenvalue weighted by atomic mass is 9.84. The molecule has 2 saturated heterocycles. The van der Waals surface area contributed by atoms with Crippen molar-refractivity contribution in [1.29, 1.82) is 0 Å². The second kappa shape index (κ2) is 39.8. The molecule has 0 aliphatic carbocycles. The first-order valence-electron chi connectivity index (χ1n) is 40.1. The van der Waals surface area contributed by atoms with E-state index in [-0.39, 0.29) is 80.8 Å². The molecule has 36 heteroatoms. The summed E-state index contributed by atoms with van der Waals surface area (Å²) < 4.78 is 38.9. The van der Waals surface area contributed by atoms with Crippen LogP contribution in [0.2, 0.25) is 10.0 Å². The van der Waals surface area contributed by atoms with Gasteiger partial charge in [-0.25, -0.2) is 0 Å². The Hall–Kier alpha value is -10.5. The Morgan fingerprint density at radius 3 is 1.94 bits per heavy atom. The number of nitrogens with one attached hydrogen (secondary N) is 6. The number of carbonyl (C=O) groups excluding carboxylic acids is 8. The fourth-order valence-electron chi connectivity index (χ4n) is 15.8. The molecule has 19 N–H and O–H groups in total. The van der Waals surface area contributed by atoms with Gasteiger partial charge in [0.1, 0.15) is 83.4 Å². The van der Waals surface area contributed by atoms with Crippen LogP contribution in [-0.2, 0) is 65.7 Å². The van der Waals surface area contributed by atoms with E-state index in [0.717, 1.165) is 54.2 Å². The van der Waals surface area contributed by atoms with E-state index >= 15 is 28.8 Å². The molecule has 7 aliphatic rings. The number of likely N-dealkylation sites (N-methyl/N-ethyl adjacent to an activating group) is 1. The van der Waals surface area contributed by atoms with Crippen LogP contribution in [0.15, 0.2) is 128 Å². The molecule has 4 unspecified atom stereocenters. The lowest BCUT2D eigenvalue weighted by Crippen LogP contribution is -2.64. The van der Waals surface area contributed by atoms with E-state index < -0.39 is 221 Å². The third-order valence-electron chi connectivity index (χ3n) is 22.3. The van der Waals surface area contributed by atoms with E-state index in [2.05, 4.69) is 46.8 Å². The van der Waals surface area contributed by atoms with Gasteiger partial charge in [0.2, 0.25) is 47.5 Å². The molecule has 0 spiro atoms. The number of primary amides is 1. The fraction of sp³-hybridized carbons (Fsp3) is 0.442. The number of Topliss-reactive ketones (excluding diaryl/α,β-unsaturated/α-hetero) is 2. The smallest absolute Gasteiger partial charge is 0.247 e. The van der Waals surface area contributed by atoms with Crippen molar-refractivity contribution >= 4 is 70.2 Å². The van der Waals surface area contributed by atoms with Crippen LogP contribution in [-0.4, -0.2) is 207 Å². The van der Waals surface area contributed by atoms with Gasteiger partial charge in [-0.05, 0) is 159 Å². The number of phenolic OH excluding ortho intramolecular Hbond substituents is 3. The molecule has 2 fully saturated rings. The van der Waals surface area contributed by atoms with Crippen molar-refractivity contribution in [2.45, 2.75) is 202 Å². The number of fused-ring (bicyclic) bond motifs is 15. The zero-order valence-electron chi connectivity index (χ0n) is 67.4. The highest BCUT2D eigenvalue weighted by Gasteiger charge is 2.52. The van der Waals surface area contributed by atoms with E-state index in [4.69, 9.17) is 63.1 Å². The minimum absolute atomic E-state index is 0.0137. The Labute approximate surface area is 711 Å². The number of benzene rings is 5. The van der Waals surface area contributed by atoms with Crippen molar-refractivity contribution in [3.8, 4) is 57.1 Å². The number of aromatic nitrogens is 2. The van der Waals surface area contributed by atoms with Crippen LogP contribution in [0.3, 0.4) is 0 Å². The first-order chi connectivity index (χ1) is 58.2. The predicted octanol–water partition coefficient (Wildman–Crippen LogP) is 5.17.